The second-order valence-corrected chi connectivity index (χ2v) is 7.89. The molecule has 2 aromatic rings. The fourth-order valence-electron chi connectivity index (χ4n) is 3.24. The highest BCUT2D eigenvalue weighted by atomic mass is 32.1. The van der Waals surface area contributed by atoms with Crippen LogP contribution < -0.4 is 5.56 Å². The minimum Gasteiger partial charge on any atom is -0.481 e. The monoisotopic (exact) mass is 378 g/mol. The molecule has 0 aliphatic carbocycles. The Bertz CT molecular complexity index is 909. The van der Waals surface area contributed by atoms with Crippen molar-refractivity contribution < 1.29 is 14.7 Å². The lowest BCUT2D eigenvalue weighted by atomic mass is 9.97. The summed E-state index contributed by atoms with van der Waals surface area (Å²) in [5.41, 5.74) is 0.407. The highest BCUT2D eigenvalue weighted by Gasteiger charge is 2.29. The highest BCUT2D eigenvalue weighted by Crippen LogP contribution is 2.29. The third kappa shape index (κ3) is 3.49. The topological polar surface area (TPSA) is 107 Å². The fourth-order valence-corrected chi connectivity index (χ4v) is 4.41. The van der Waals surface area contributed by atoms with Gasteiger partial charge in [0.1, 0.15) is 10.7 Å². The van der Waals surface area contributed by atoms with Crippen LogP contribution >= 0.6 is 11.3 Å². The van der Waals surface area contributed by atoms with Gasteiger partial charge in [-0.3, -0.25) is 14.4 Å². The first-order valence-corrected chi connectivity index (χ1v) is 9.28. The molecule has 140 valence electrons. The van der Waals surface area contributed by atoms with Gasteiger partial charge in [0.15, 0.2) is 0 Å². The van der Waals surface area contributed by atoms with Gasteiger partial charge in [0.05, 0.1) is 22.7 Å². The zero-order valence-electron chi connectivity index (χ0n) is 15.0. The molecule has 26 heavy (non-hydrogen) atoms. The number of aromatic amines is 1. The number of amides is 1. The van der Waals surface area contributed by atoms with Crippen molar-refractivity contribution in [1.82, 2.24) is 19.8 Å². The van der Waals surface area contributed by atoms with E-state index in [0.717, 1.165) is 0 Å². The van der Waals surface area contributed by atoms with Crippen molar-refractivity contribution in [3.05, 3.63) is 26.6 Å². The predicted molar refractivity (Wildman–Crippen MR) is 98.6 cm³/mol. The van der Waals surface area contributed by atoms with Crippen molar-refractivity contribution in [2.45, 2.75) is 26.3 Å². The zero-order chi connectivity index (χ0) is 19.0. The molecule has 0 bridgehead atoms. The summed E-state index contributed by atoms with van der Waals surface area (Å²) in [4.78, 5) is 48.3. The van der Waals surface area contributed by atoms with Crippen LogP contribution in [0.1, 0.15) is 33.9 Å². The standard InChI is InChI=1S/C17H22N4O4S/c1-9-12-14(22)18-11(8-20(2)3)19-15(12)26-13(9)16(23)21-6-4-10(5-7-21)17(24)25/h10H,4-8H2,1-3H3,(H,24,25)(H,18,19,22). The SMILES string of the molecule is Cc1c(C(=O)N2CCC(C(=O)O)CC2)sc2nc(CN(C)C)[nH]c(=O)c12. The average molecular weight is 378 g/mol. The minimum absolute atomic E-state index is 0.150. The van der Waals surface area contributed by atoms with Gasteiger partial charge in [-0.25, -0.2) is 4.98 Å². The van der Waals surface area contributed by atoms with E-state index >= 15 is 0 Å². The summed E-state index contributed by atoms with van der Waals surface area (Å²) in [5.74, 6) is -0.780. The summed E-state index contributed by atoms with van der Waals surface area (Å²) in [6.07, 6.45) is 0.910. The van der Waals surface area contributed by atoms with Crippen LogP contribution in [0.5, 0.6) is 0 Å². The maximum absolute atomic E-state index is 12.9. The number of hydrogen-bond acceptors (Lipinski definition) is 6. The maximum Gasteiger partial charge on any atom is 0.306 e. The van der Waals surface area contributed by atoms with Crippen LogP contribution in [-0.2, 0) is 11.3 Å². The Hall–Kier alpha value is -2.26. The number of aryl methyl sites for hydroxylation is 1. The first-order chi connectivity index (χ1) is 12.3. The Labute approximate surface area is 154 Å². The molecule has 9 heteroatoms. The number of likely N-dealkylation sites (tertiary alicyclic amines) is 1. The number of H-pyrrole nitrogens is 1. The van der Waals surface area contributed by atoms with Crippen LogP contribution in [0.15, 0.2) is 4.79 Å². The van der Waals surface area contributed by atoms with Gasteiger partial charge in [0.2, 0.25) is 0 Å². The molecule has 1 amide bonds. The number of carbonyl (C=O) groups excluding carboxylic acids is 1. The summed E-state index contributed by atoms with van der Waals surface area (Å²) in [6, 6.07) is 0. The number of piperidine rings is 1. The molecule has 2 N–H and O–H groups in total. The molecule has 0 aromatic carbocycles. The maximum atomic E-state index is 12.9. The summed E-state index contributed by atoms with van der Waals surface area (Å²) in [7, 11) is 3.78. The van der Waals surface area contributed by atoms with Gasteiger partial charge in [0.25, 0.3) is 11.5 Å². The summed E-state index contributed by atoms with van der Waals surface area (Å²) in [5, 5.41) is 9.55. The largest absolute Gasteiger partial charge is 0.481 e. The summed E-state index contributed by atoms with van der Waals surface area (Å²) < 4.78 is 0. The molecule has 1 aliphatic rings. The molecular weight excluding hydrogens is 356 g/mol. The molecule has 3 rings (SSSR count). The molecule has 1 saturated heterocycles. The smallest absolute Gasteiger partial charge is 0.306 e. The molecule has 2 aromatic heterocycles. The molecular formula is C17H22N4O4S. The number of carboxylic acid groups (broad SMARTS) is 1. The van der Waals surface area contributed by atoms with Gasteiger partial charge >= 0.3 is 5.97 Å². The number of rotatable bonds is 4. The van der Waals surface area contributed by atoms with Crippen LogP contribution in [-0.4, -0.2) is 63.9 Å². The number of aromatic nitrogens is 2. The molecule has 0 saturated carbocycles. The van der Waals surface area contributed by atoms with Crippen molar-refractivity contribution in [1.29, 1.82) is 0 Å². The lowest BCUT2D eigenvalue weighted by molar-refractivity contribution is -0.143. The summed E-state index contributed by atoms with van der Waals surface area (Å²) >= 11 is 1.23. The third-order valence-electron chi connectivity index (χ3n) is 4.64. The molecule has 8 nitrogen and oxygen atoms in total. The Balaban J connectivity index is 1.89. The number of nitrogens with one attached hydrogen (secondary N) is 1. The number of carboxylic acids is 1. The lowest BCUT2D eigenvalue weighted by Gasteiger charge is -2.29. The van der Waals surface area contributed by atoms with E-state index in [1.165, 1.54) is 11.3 Å². The van der Waals surface area contributed by atoms with E-state index in [-0.39, 0.29) is 17.4 Å². The normalized spacial score (nSPS) is 15.8. The molecule has 0 radical (unpaired) electrons. The van der Waals surface area contributed by atoms with E-state index in [9.17, 15) is 14.4 Å². The molecule has 0 atom stereocenters. The lowest BCUT2D eigenvalue weighted by Crippen LogP contribution is -2.40. The quantitative estimate of drug-likeness (QED) is 0.830. The van der Waals surface area contributed by atoms with Crippen LogP contribution in [0.25, 0.3) is 10.2 Å². The molecule has 0 unspecified atom stereocenters. The van der Waals surface area contributed by atoms with E-state index in [2.05, 4.69) is 9.97 Å². The Morgan fingerprint density at radius 1 is 1.35 bits per heavy atom. The second kappa shape index (κ2) is 7.16. The van der Waals surface area contributed by atoms with E-state index in [1.807, 2.05) is 19.0 Å². The van der Waals surface area contributed by atoms with Gasteiger partial charge in [-0.1, -0.05) is 0 Å². The van der Waals surface area contributed by atoms with Crippen LogP contribution in [0.4, 0.5) is 0 Å². The molecule has 1 fully saturated rings. The number of fused-ring (bicyclic) bond motifs is 1. The van der Waals surface area contributed by atoms with Crippen LogP contribution in [0, 0.1) is 12.8 Å². The number of thiophene rings is 1. The number of carbonyl (C=O) groups is 2. The minimum atomic E-state index is -0.806. The van der Waals surface area contributed by atoms with Crippen molar-refractivity contribution in [2.24, 2.45) is 5.92 Å². The molecule has 1 aliphatic heterocycles. The van der Waals surface area contributed by atoms with Gasteiger partial charge in [-0.15, -0.1) is 11.3 Å². The molecule has 3 heterocycles. The van der Waals surface area contributed by atoms with Gasteiger partial charge in [-0.05, 0) is 39.4 Å². The van der Waals surface area contributed by atoms with Crippen molar-refractivity contribution in [3.8, 4) is 0 Å². The van der Waals surface area contributed by atoms with Gasteiger partial charge in [0, 0.05) is 13.1 Å². The summed E-state index contributed by atoms with van der Waals surface area (Å²) in [6.45, 7) is 3.10. The number of nitrogens with zero attached hydrogens (tertiary/aromatic N) is 3. The Kier molecular flexibility index (Phi) is 5.10. The van der Waals surface area contributed by atoms with Crippen LogP contribution in [0.2, 0.25) is 0 Å². The van der Waals surface area contributed by atoms with Crippen molar-refractivity contribution >= 4 is 33.4 Å². The zero-order valence-corrected chi connectivity index (χ0v) is 15.9. The predicted octanol–water partition coefficient (Wildman–Crippen LogP) is 1.29. The van der Waals surface area contributed by atoms with Gasteiger partial charge < -0.3 is 19.9 Å². The van der Waals surface area contributed by atoms with Crippen molar-refractivity contribution in [2.75, 3.05) is 27.2 Å². The first kappa shape index (κ1) is 18.5. The van der Waals surface area contributed by atoms with E-state index in [4.69, 9.17) is 5.11 Å². The third-order valence-corrected chi connectivity index (χ3v) is 5.81. The number of aliphatic carboxylic acids is 1. The number of hydrogen-bond donors (Lipinski definition) is 2. The van der Waals surface area contributed by atoms with Gasteiger partial charge in [-0.2, -0.15) is 0 Å². The fraction of sp³-hybridized carbons (Fsp3) is 0.529. The van der Waals surface area contributed by atoms with Crippen LogP contribution in [0.3, 0.4) is 0 Å². The van der Waals surface area contributed by atoms with E-state index < -0.39 is 5.97 Å². The van der Waals surface area contributed by atoms with Crippen molar-refractivity contribution in [3.63, 3.8) is 0 Å². The second-order valence-electron chi connectivity index (χ2n) is 6.89. The van der Waals surface area contributed by atoms with E-state index in [0.29, 0.717) is 59.0 Å². The Morgan fingerprint density at radius 3 is 2.58 bits per heavy atom. The average Bonchev–Trinajstić information content (AvgIpc) is 2.90. The Morgan fingerprint density at radius 2 is 2.00 bits per heavy atom. The van der Waals surface area contributed by atoms with E-state index in [1.54, 1.807) is 11.8 Å². The molecule has 0 spiro atoms. The highest BCUT2D eigenvalue weighted by molar-refractivity contribution is 7.20. The first-order valence-electron chi connectivity index (χ1n) is 8.47.